The number of hydrogen-bond acceptors (Lipinski definition) is 3. The number of ether oxygens (including phenoxy) is 1. The summed E-state index contributed by atoms with van der Waals surface area (Å²) in [4.78, 5) is 14.0. The molecular weight excluding hydrogens is 284 g/mol. The summed E-state index contributed by atoms with van der Waals surface area (Å²) in [5.74, 6) is -0.429. The topological polar surface area (TPSA) is 46.5 Å². The predicted octanol–water partition coefficient (Wildman–Crippen LogP) is 3.81. The van der Waals surface area contributed by atoms with Gasteiger partial charge in [-0.2, -0.15) is 0 Å². The monoisotopic (exact) mass is 304 g/mol. The average Bonchev–Trinajstić information content (AvgIpc) is 2.94. The molecule has 3 nitrogen and oxygen atoms in total. The molecule has 0 fully saturated rings. The summed E-state index contributed by atoms with van der Waals surface area (Å²) in [7, 11) is 1.61. The van der Waals surface area contributed by atoms with Crippen LogP contribution >= 0.6 is 11.3 Å². The second kappa shape index (κ2) is 7.27. The molecule has 0 bridgehead atoms. The van der Waals surface area contributed by atoms with E-state index in [1.807, 2.05) is 30.3 Å². The summed E-state index contributed by atoms with van der Waals surface area (Å²) in [5.41, 5.74) is 0.944. The van der Waals surface area contributed by atoms with Crippen molar-refractivity contribution >= 4 is 17.3 Å². The van der Waals surface area contributed by atoms with Gasteiger partial charge in [0, 0.05) is 9.75 Å². The molecule has 1 aromatic carbocycles. The Kier molecular flexibility index (Phi) is 5.39. The van der Waals surface area contributed by atoms with E-state index in [-0.39, 0.29) is 0 Å². The fourth-order valence-electron chi connectivity index (χ4n) is 2.35. The molecule has 112 valence electrons. The Bertz CT molecular complexity index is 604. The van der Waals surface area contributed by atoms with Crippen molar-refractivity contribution in [1.82, 2.24) is 0 Å². The zero-order chi connectivity index (χ0) is 15.2. The summed E-state index contributed by atoms with van der Waals surface area (Å²) in [6.07, 6.45) is 2.05. The van der Waals surface area contributed by atoms with E-state index in [9.17, 15) is 9.90 Å². The lowest BCUT2D eigenvalue weighted by molar-refractivity contribution is -0.141. The van der Waals surface area contributed by atoms with E-state index in [1.54, 1.807) is 18.4 Å². The molecule has 1 unspecified atom stereocenters. The Balaban J connectivity index is 2.14. The predicted molar refractivity (Wildman–Crippen MR) is 85.2 cm³/mol. The van der Waals surface area contributed by atoms with Crippen molar-refractivity contribution in [3.8, 4) is 5.75 Å². The van der Waals surface area contributed by atoms with E-state index < -0.39 is 11.9 Å². The number of aliphatic carboxylic acids is 1. The minimum Gasteiger partial charge on any atom is -0.496 e. The fourth-order valence-corrected chi connectivity index (χ4v) is 3.39. The van der Waals surface area contributed by atoms with Crippen molar-refractivity contribution in [2.75, 3.05) is 7.11 Å². The molecule has 0 radical (unpaired) electrons. The maximum Gasteiger partial charge on any atom is 0.307 e. The highest BCUT2D eigenvalue weighted by atomic mass is 32.1. The maximum absolute atomic E-state index is 11.5. The highest BCUT2D eigenvalue weighted by molar-refractivity contribution is 7.12. The number of hydrogen-bond donors (Lipinski definition) is 1. The Hall–Kier alpha value is -1.81. The number of carboxylic acid groups (broad SMARTS) is 1. The zero-order valence-electron chi connectivity index (χ0n) is 12.3. The Labute approximate surface area is 129 Å². The molecule has 2 aromatic rings. The lowest BCUT2D eigenvalue weighted by Gasteiger charge is -2.14. The van der Waals surface area contributed by atoms with Gasteiger partial charge in [-0.3, -0.25) is 4.79 Å². The van der Waals surface area contributed by atoms with Crippen LogP contribution in [-0.4, -0.2) is 18.2 Å². The van der Waals surface area contributed by atoms with Gasteiger partial charge in [0.05, 0.1) is 13.0 Å². The van der Waals surface area contributed by atoms with Crippen molar-refractivity contribution in [3.05, 3.63) is 51.7 Å². The van der Waals surface area contributed by atoms with Crippen LogP contribution in [0.5, 0.6) is 5.75 Å². The molecule has 0 saturated carbocycles. The van der Waals surface area contributed by atoms with Crippen LogP contribution in [0.2, 0.25) is 0 Å². The largest absolute Gasteiger partial charge is 0.496 e. The van der Waals surface area contributed by atoms with Crippen molar-refractivity contribution in [2.45, 2.75) is 26.2 Å². The molecule has 0 aliphatic carbocycles. The number of rotatable bonds is 7. The zero-order valence-corrected chi connectivity index (χ0v) is 13.2. The fraction of sp³-hybridized carbons (Fsp3) is 0.353. The van der Waals surface area contributed by atoms with Gasteiger partial charge in [-0.15, -0.1) is 11.3 Å². The molecule has 4 heteroatoms. The number of aryl methyl sites for hydroxylation is 1. The smallest absolute Gasteiger partial charge is 0.307 e. The number of para-hydroxylation sites is 1. The van der Waals surface area contributed by atoms with Crippen LogP contribution in [-0.2, 0) is 24.1 Å². The molecule has 0 spiro atoms. The average molecular weight is 304 g/mol. The number of methoxy groups -OCH3 is 1. The second-order valence-corrected chi connectivity index (χ2v) is 6.23. The van der Waals surface area contributed by atoms with E-state index in [4.69, 9.17) is 4.74 Å². The van der Waals surface area contributed by atoms with Crippen LogP contribution in [0.4, 0.5) is 0 Å². The number of thiophene rings is 1. The summed E-state index contributed by atoms with van der Waals surface area (Å²) >= 11 is 1.70. The molecule has 0 amide bonds. The third-order valence-electron chi connectivity index (χ3n) is 3.52. The third kappa shape index (κ3) is 4.08. The molecule has 1 atom stereocenters. The first-order valence-electron chi connectivity index (χ1n) is 7.06. The van der Waals surface area contributed by atoms with E-state index in [1.165, 1.54) is 4.88 Å². The van der Waals surface area contributed by atoms with Crippen LogP contribution < -0.4 is 4.74 Å². The Morgan fingerprint density at radius 1 is 1.19 bits per heavy atom. The van der Waals surface area contributed by atoms with Gasteiger partial charge in [-0.1, -0.05) is 25.1 Å². The van der Waals surface area contributed by atoms with Crippen LogP contribution in [0.1, 0.15) is 22.2 Å². The lowest BCUT2D eigenvalue weighted by Crippen LogP contribution is -2.19. The van der Waals surface area contributed by atoms with E-state index in [0.717, 1.165) is 22.6 Å². The van der Waals surface area contributed by atoms with Crippen LogP contribution in [0, 0.1) is 5.92 Å². The molecular formula is C17H20O3S. The third-order valence-corrected chi connectivity index (χ3v) is 4.77. The first-order chi connectivity index (χ1) is 10.1. The summed E-state index contributed by atoms with van der Waals surface area (Å²) in [5, 5.41) is 9.49. The minimum atomic E-state index is -0.757. The summed E-state index contributed by atoms with van der Waals surface area (Å²) < 4.78 is 5.31. The first kappa shape index (κ1) is 15.6. The molecule has 2 rings (SSSR count). The standard InChI is InChI=1S/C17H20O3S/c1-3-14-8-9-15(21-14)11-13(17(18)19)10-12-6-4-5-7-16(12)20-2/h4-9,13H,3,10-11H2,1-2H3,(H,18,19). The highest BCUT2D eigenvalue weighted by Gasteiger charge is 2.21. The van der Waals surface area contributed by atoms with Gasteiger partial charge in [-0.25, -0.2) is 0 Å². The van der Waals surface area contributed by atoms with E-state index in [0.29, 0.717) is 12.8 Å². The van der Waals surface area contributed by atoms with Gasteiger partial charge in [0.15, 0.2) is 0 Å². The molecule has 21 heavy (non-hydrogen) atoms. The molecule has 0 saturated heterocycles. The first-order valence-corrected chi connectivity index (χ1v) is 7.88. The van der Waals surface area contributed by atoms with Gasteiger partial charge in [-0.05, 0) is 43.0 Å². The number of carboxylic acids is 1. The van der Waals surface area contributed by atoms with Crippen LogP contribution in [0.3, 0.4) is 0 Å². The maximum atomic E-state index is 11.5. The highest BCUT2D eigenvalue weighted by Crippen LogP contribution is 2.25. The van der Waals surface area contributed by atoms with Crippen LogP contribution in [0.15, 0.2) is 36.4 Å². The molecule has 1 aromatic heterocycles. The van der Waals surface area contributed by atoms with E-state index in [2.05, 4.69) is 13.0 Å². The normalized spacial score (nSPS) is 12.1. The molecule has 1 N–H and O–H groups in total. The van der Waals surface area contributed by atoms with Gasteiger partial charge in [0.1, 0.15) is 5.75 Å². The van der Waals surface area contributed by atoms with Gasteiger partial charge < -0.3 is 9.84 Å². The molecule has 1 heterocycles. The SMILES string of the molecule is CCc1ccc(CC(Cc2ccccc2OC)C(=O)O)s1. The van der Waals surface area contributed by atoms with E-state index >= 15 is 0 Å². The van der Waals surface area contributed by atoms with Gasteiger partial charge >= 0.3 is 5.97 Å². The minimum absolute atomic E-state index is 0.426. The lowest BCUT2D eigenvalue weighted by atomic mass is 9.95. The van der Waals surface area contributed by atoms with Gasteiger partial charge in [0.2, 0.25) is 0 Å². The molecule has 0 aliphatic rings. The van der Waals surface area contributed by atoms with Crippen molar-refractivity contribution in [3.63, 3.8) is 0 Å². The van der Waals surface area contributed by atoms with Gasteiger partial charge in [0.25, 0.3) is 0 Å². The summed E-state index contributed by atoms with van der Waals surface area (Å²) in [6, 6.07) is 11.7. The second-order valence-electron chi connectivity index (χ2n) is 4.98. The van der Waals surface area contributed by atoms with Crippen molar-refractivity contribution in [1.29, 1.82) is 0 Å². The Morgan fingerprint density at radius 2 is 1.90 bits per heavy atom. The number of carbonyl (C=O) groups is 1. The number of benzene rings is 1. The Morgan fingerprint density at radius 3 is 2.52 bits per heavy atom. The quantitative estimate of drug-likeness (QED) is 0.846. The summed E-state index contributed by atoms with van der Waals surface area (Å²) in [6.45, 7) is 2.11. The van der Waals surface area contributed by atoms with Crippen LogP contribution in [0.25, 0.3) is 0 Å². The van der Waals surface area contributed by atoms with Crippen molar-refractivity contribution in [2.24, 2.45) is 5.92 Å². The van der Waals surface area contributed by atoms with Crippen molar-refractivity contribution < 1.29 is 14.6 Å². The molecule has 0 aliphatic heterocycles.